The van der Waals surface area contributed by atoms with Gasteiger partial charge >= 0.3 is 6.03 Å². The number of amides is 2. The third kappa shape index (κ3) is 3.07. The Morgan fingerprint density at radius 3 is 2.88 bits per heavy atom. The minimum Gasteiger partial charge on any atom is -0.392 e. The Kier molecular flexibility index (Phi) is 4.17. The summed E-state index contributed by atoms with van der Waals surface area (Å²) in [5, 5.41) is 2.98. The van der Waals surface area contributed by atoms with Crippen LogP contribution in [0, 0.1) is 0 Å². The summed E-state index contributed by atoms with van der Waals surface area (Å²) >= 11 is 5.03. The van der Waals surface area contributed by atoms with Crippen molar-refractivity contribution in [3.05, 3.63) is 0 Å². The molecule has 2 saturated heterocycles. The van der Waals surface area contributed by atoms with Crippen molar-refractivity contribution < 1.29 is 9.53 Å². The molecular weight excluding hydrogens is 238 g/mol. The number of nitrogens with one attached hydrogen (secondary N) is 1. The van der Waals surface area contributed by atoms with Gasteiger partial charge in [-0.05, 0) is 25.7 Å². The second-order valence-electron chi connectivity index (χ2n) is 4.62. The second kappa shape index (κ2) is 5.64. The number of likely N-dealkylation sites (tertiary alicyclic amines) is 1. The van der Waals surface area contributed by atoms with Crippen molar-refractivity contribution >= 4 is 23.2 Å². The minimum absolute atomic E-state index is 0.0574. The van der Waals surface area contributed by atoms with E-state index < -0.39 is 0 Å². The van der Waals surface area contributed by atoms with Crippen LogP contribution in [0.3, 0.4) is 0 Å². The molecule has 2 aliphatic heterocycles. The molecule has 0 radical (unpaired) electrons. The third-order valence-corrected chi connectivity index (χ3v) is 3.62. The summed E-state index contributed by atoms with van der Waals surface area (Å²) in [5.74, 6) is 0. The van der Waals surface area contributed by atoms with E-state index in [0.717, 1.165) is 38.8 Å². The molecule has 3 N–H and O–H groups in total. The van der Waals surface area contributed by atoms with Gasteiger partial charge in [0.2, 0.25) is 0 Å². The lowest BCUT2D eigenvalue weighted by Gasteiger charge is -2.35. The molecular formula is C11H19N3O2S. The first-order chi connectivity index (χ1) is 8.18. The van der Waals surface area contributed by atoms with E-state index in [1.54, 1.807) is 4.90 Å². The fourth-order valence-electron chi connectivity index (χ4n) is 2.38. The second-order valence-corrected chi connectivity index (χ2v) is 5.09. The Bertz CT molecular complexity index is 305. The van der Waals surface area contributed by atoms with E-state index in [9.17, 15) is 4.79 Å². The van der Waals surface area contributed by atoms with Crippen molar-refractivity contribution in [3.63, 3.8) is 0 Å². The first-order valence-electron chi connectivity index (χ1n) is 6.12. The highest BCUT2D eigenvalue weighted by Gasteiger charge is 2.30. The van der Waals surface area contributed by atoms with E-state index >= 15 is 0 Å². The fraction of sp³-hybridized carbons (Fsp3) is 0.818. The van der Waals surface area contributed by atoms with E-state index in [0.29, 0.717) is 11.6 Å². The number of thiocarbonyl (C=S) groups is 1. The zero-order valence-corrected chi connectivity index (χ0v) is 10.7. The Hall–Kier alpha value is -0.880. The van der Waals surface area contributed by atoms with Gasteiger partial charge in [0.1, 0.15) is 0 Å². The molecule has 2 rings (SSSR count). The van der Waals surface area contributed by atoms with Crippen LogP contribution < -0.4 is 11.1 Å². The number of rotatable bonds is 2. The van der Waals surface area contributed by atoms with Crippen molar-refractivity contribution in [3.8, 4) is 0 Å². The lowest BCUT2D eigenvalue weighted by Crippen LogP contribution is -2.55. The minimum atomic E-state index is -0.0823. The molecule has 2 aliphatic rings. The summed E-state index contributed by atoms with van der Waals surface area (Å²) in [4.78, 5) is 14.3. The molecule has 2 unspecified atom stereocenters. The molecule has 2 fully saturated rings. The number of nitrogens with two attached hydrogens (primary N) is 1. The number of urea groups is 1. The van der Waals surface area contributed by atoms with Gasteiger partial charge in [-0.3, -0.25) is 0 Å². The van der Waals surface area contributed by atoms with Crippen molar-refractivity contribution in [1.82, 2.24) is 10.2 Å². The van der Waals surface area contributed by atoms with E-state index in [-0.39, 0.29) is 18.1 Å². The van der Waals surface area contributed by atoms with Crippen LogP contribution in [0.25, 0.3) is 0 Å². The number of nitrogens with zero attached hydrogens (tertiary/aromatic N) is 1. The smallest absolute Gasteiger partial charge is 0.318 e. The molecule has 2 heterocycles. The SMILES string of the molecule is NC(=S)C1CCCCN1C(=O)NC1CCOC1. The highest BCUT2D eigenvalue weighted by atomic mass is 32.1. The Balaban J connectivity index is 1.93. The van der Waals surface area contributed by atoms with Crippen molar-refractivity contribution in [2.75, 3.05) is 19.8 Å². The average Bonchev–Trinajstić information content (AvgIpc) is 2.81. The van der Waals surface area contributed by atoms with Gasteiger partial charge in [0.25, 0.3) is 0 Å². The standard InChI is InChI=1S/C11H19N3O2S/c12-10(17)9-3-1-2-5-14(9)11(15)13-8-4-6-16-7-8/h8-9H,1-7H2,(H2,12,17)(H,13,15). The van der Waals surface area contributed by atoms with Crippen LogP contribution in [0.2, 0.25) is 0 Å². The first kappa shape index (κ1) is 12.6. The summed E-state index contributed by atoms with van der Waals surface area (Å²) in [6.07, 6.45) is 3.87. The zero-order valence-electron chi connectivity index (χ0n) is 9.85. The molecule has 6 heteroatoms. The Morgan fingerprint density at radius 2 is 2.24 bits per heavy atom. The largest absolute Gasteiger partial charge is 0.392 e. The molecule has 96 valence electrons. The molecule has 0 bridgehead atoms. The van der Waals surface area contributed by atoms with Crippen molar-refractivity contribution in [2.24, 2.45) is 5.73 Å². The molecule has 0 aromatic rings. The zero-order chi connectivity index (χ0) is 12.3. The Morgan fingerprint density at radius 1 is 1.41 bits per heavy atom. The fourth-order valence-corrected chi connectivity index (χ4v) is 2.62. The van der Waals surface area contributed by atoms with Crippen LogP contribution >= 0.6 is 12.2 Å². The molecule has 0 saturated carbocycles. The van der Waals surface area contributed by atoms with Gasteiger partial charge in [-0.25, -0.2) is 4.79 Å². The lowest BCUT2D eigenvalue weighted by atomic mass is 10.0. The maximum absolute atomic E-state index is 12.1. The summed E-state index contributed by atoms with van der Waals surface area (Å²) < 4.78 is 5.24. The maximum Gasteiger partial charge on any atom is 0.318 e. The van der Waals surface area contributed by atoms with E-state index in [1.165, 1.54) is 0 Å². The highest BCUT2D eigenvalue weighted by molar-refractivity contribution is 7.80. The number of piperidine rings is 1. The van der Waals surface area contributed by atoms with E-state index in [2.05, 4.69) is 5.32 Å². The molecule has 0 spiro atoms. The average molecular weight is 257 g/mol. The van der Waals surface area contributed by atoms with Gasteiger partial charge in [0.05, 0.1) is 23.7 Å². The van der Waals surface area contributed by atoms with E-state index in [4.69, 9.17) is 22.7 Å². The normalized spacial score (nSPS) is 29.1. The topological polar surface area (TPSA) is 67.6 Å². The molecule has 2 amide bonds. The number of ether oxygens (including phenoxy) is 1. The Labute approximate surface area is 107 Å². The predicted molar refractivity (Wildman–Crippen MR) is 68.9 cm³/mol. The number of carbonyl (C=O) groups excluding carboxylic acids is 1. The van der Waals surface area contributed by atoms with E-state index in [1.807, 2.05) is 0 Å². The van der Waals surface area contributed by atoms with Gasteiger partial charge < -0.3 is 20.7 Å². The molecule has 17 heavy (non-hydrogen) atoms. The van der Waals surface area contributed by atoms with Gasteiger partial charge in [-0.1, -0.05) is 12.2 Å². The summed E-state index contributed by atoms with van der Waals surface area (Å²) in [6, 6.07) is -0.00417. The number of hydrogen-bond donors (Lipinski definition) is 2. The van der Waals surface area contributed by atoms with Crippen molar-refractivity contribution in [1.29, 1.82) is 0 Å². The number of hydrogen-bond acceptors (Lipinski definition) is 3. The summed E-state index contributed by atoms with van der Waals surface area (Å²) in [6.45, 7) is 2.07. The lowest BCUT2D eigenvalue weighted by molar-refractivity contribution is 0.162. The van der Waals surface area contributed by atoms with Gasteiger partial charge in [-0.15, -0.1) is 0 Å². The van der Waals surface area contributed by atoms with Crippen molar-refractivity contribution in [2.45, 2.75) is 37.8 Å². The summed E-state index contributed by atoms with van der Waals surface area (Å²) in [5.41, 5.74) is 5.69. The van der Waals surface area contributed by atoms with Gasteiger partial charge in [0.15, 0.2) is 0 Å². The van der Waals surface area contributed by atoms with Gasteiger partial charge in [0, 0.05) is 13.2 Å². The third-order valence-electron chi connectivity index (χ3n) is 3.35. The van der Waals surface area contributed by atoms with Crippen LogP contribution in [-0.4, -0.2) is 47.8 Å². The van der Waals surface area contributed by atoms with Crippen LogP contribution in [0.4, 0.5) is 4.79 Å². The predicted octanol–water partition coefficient (Wildman–Crippen LogP) is 0.625. The summed E-state index contributed by atoms with van der Waals surface area (Å²) in [7, 11) is 0. The van der Waals surface area contributed by atoms with Crippen LogP contribution in [0.1, 0.15) is 25.7 Å². The molecule has 5 nitrogen and oxygen atoms in total. The molecule has 2 atom stereocenters. The molecule has 0 aliphatic carbocycles. The van der Waals surface area contributed by atoms with Crippen LogP contribution in [0.15, 0.2) is 0 Å². The number of carbonyl (C=O) groups is 1. The molecule has 0 aromatic carbocycles. The molecule has 0 aromatic heterocycles. The first-order valence-corrected chi connectivity index (χ1v) is 6.53. The quantitative estimate of drug-likeness (QED) is 0.712. The monoisotopic (exact) mass is 257 g/mol. The van der Waals surface area contributed by atoms with Crippen LogP contribution in [-0.2, 0) is 4.74 Å². The maximum atomic E-state index is 12.1. The van der Waals surface area contributed by atoms with Gasteiger partial charge in [-0.2, -0.15) is 0 Å². The van der Waals surface area contributed by atoms with Crippen LogP contribution in [0.5, 0.6) is 0 Å². The highest BCUT2D eigenvalue weighted by Crippen LogP contribution is 2.18.